The highest BCUT2D eigenvalue weighted by Crippen LogP contribution is 2.22. The van der Waals surface area contributed by atoms with Gasteiger partial charge in [0.2, 0.25) is 15.9 Å². The molecule has 158 valence electrons. The van der Waals surface area contributed by atoms with Gasteiger partial charge in [-0.2, -0.15) is 0 Å². The van der Waals surface area contributed by atoms with Gasteiger partial charge in [0, 0.05) is 18.7 Å². The number of sulfonamides is 1. The molecule has 7 nitrogen and oxygen atoms in total. The van der Waals surface area contributed by atoms with E-state index in [1.54, 1.807) is 55.6 Å². The second-order valence-electron chi connectivity index (χ2n) is 6.88. The van der Waals surface area contributed by atoms with Gasteiger partial charge in [0.05, 0.1) is 25.2 Å². The van der Waals surface area contributed by atoms with Crippen molar-refractivity contribution in [3.63, 3.8) is 0 Å². The summed E-state index contributed by atoms with van der Waals surface area (Å²) in [5, 5.41) is 2.81. The number of ether oxygens (including phenoxy) is 2. The Bertz CT molecular complexity index is 894. The first kappa shape index (κ1) is 22.5. The lowest BCUT2D eigenvalue weighted by atomic mass is 10.2. The highest BCUT2D eigenvalue weighted by atomic mass is 32.2. The zero-order valence-corrected chi connectivity index (χ0v) is 18.0. The van der Waals surface area contributed by atoms with Crippen molar-refractivity contribution in [3.8, 4) is 11.5 Å². The summed E-state index contributed by atoms with van der Waals surface area (Å²) in [5.41, 5.74) is 1.20. The summed E-state index contributed by atoms with van der Waals surface area (Å²) in [7, 11) is -1.91. The molecule has 0 saturated carbocycles. The molecule has 8 heteroatoms. The number of anilines is 2. The molecular weight excluding hydrogens is 392 g/mol. The molecular formula is C21H28N2O5S. The Labute approximate surface area is 172 Å². The van der Waals surface area contributed by atoms with E-state index in [2.05, 4.69) is 5.32 Å². The number of amides is 1. The molecule has 0 unspecified atom stereocenters. The molecule has 2 aromatic carbocycles. The van der Waals surface area contributed by atoms with Crippen molar-refractivity contribution in [2.75, 3.05) is 29.5 Å². The lowest BCUT2D eigenvalue weighted by Gasteiger charge is -2.22. The van der Waals surface area contributed by atoms with Gasteiger partial charge in [0.15, 0.2) is 0 Å². The summed E-state index contributed by atoms with van der Waals surface area (Å²) in [5.74, 6) is 1.21. The molecule has 2 rings (SSSR count). The first-order chi connectivity index (χ1) is 13.7. The maximum absolute atomic E-state index is 12.2. The van der Waals surface area contributed by atoms with E-state index in [9.17, 15) is 13.2 Å². The maximum atomic E-state index is 12.2. The van der Waals surface area contributed by atoms with Gasteiger partial charge in [0.1, 0.15) is 11.5 Å². The summed E-state index contributed by atoms with van der Waals surface area (Å²) in [6.07, 6.45) is 1.82. The number of benzene rings is 2. The number of hydrogen-bond donors (Lipinski definition) is 1. The van der Waals surface area contributed by atoms with Crippen molar-refractivity contribution in [1.29, 1.82) is 0 Å². The van der Waals surface area contributed by atoms with E-state index in [0.717, 1.165) is 12.0 Å². The summed E-state index contributed by atoms with van der Waals surface area (Å²) in [6, 6.07) is 13.9. The smallest absolute Gasteiger partial charge is 0.232 e. The minimum atomic E-state index is -3.46. The van der Waals surface area contributed by atoms with Gasteiger partial charge < -0.3 is 14.8 Å². The monoisotopic (exact) mass is 420 g/mol. The molecule has 0 bridgehead atoms. The first-order valence-corrected chi connectivity index (χ1v) is 11.2. The van der Waals surface area contributed by atoms with Crippen LogP contribution in [0.4, 0.5) is 11.4 Å². The highest BCUT2D eigenvalue weighted by molar-refractivity contribution is 7.92. The second kappa shape index (κ2) is 10.2. The molecule has 0 atom stereocenters. The lowest BCUT2D eigenvalue weighted by Crippen LogP contribution is -2.31. The van der Waals surface area contributed by atoms with E-state index in [0.29, 0.717) is 23.5 Å². The molecule has 1 N–H and O–H groups in total. The molecule has 0 aliphatic heterocycles. The van der Waals surface area contributed by atoms with E-state index in [4.69, 9.17) is 9.47 Å². The van der Waals surface area contributed by atoms with Crippen LogP contribution in [0.25, 0.3) is 0 Å². The number of carbonyl (C=O) groups excluding carboxylic acids is 1. The number of methoxy groups -OCH3 is 1. The minimum Gasteiger partial charge on any atom is -0.497 e. The fourth-order valence-electron chi connectivity index (χ4n) is 2.73. The van der Waals surface area contributed by atoms with Crippen LogP contribution in [0.1, 0.15) is 26.7 Å². The van der Waals surface area contributed by atoms with Gasteiger partial charge in [-0.15, -0.1) is 0 Å². The van der Waals surface area contributed by atoms with E-state index < -0.39 is 10.0 Å². The van der Waals surface area contributed by atoms with Crippen LogP contribution >= 0.6 is 0 Å². The van der Waals surface area contributed by atoms with Crippen molar-refractivity contribution in [3.05, 3.63) is 48.5 Å². The average Bonchev–Trinajstić information content (AvgIpc) is 2.65. The Kier molecular flexibility index (Phi) is 7.90. The SMILES string of the molecule is COc1ccc(N(CCCC(=O)Nc2ccc(OC(C)C)cc2)S(C)(=O)=O)cc1. The number of nitrogens with zero attached hydrogens (tertiary/aromatic N) is 1. The third-order valence-electron chi connectivity index (χ3n) is 4.04. The fraction of sp³-hybridized carbons (Fsp3) is 0.381. The molecule has 1 amide bonds. The molecule has 29 heavy (non-hydrogen) atoms. The van der Waals surface area contributed by atoms with Crippen molar-refractivity contribution in [2.24, 2.45) is 0 Å². The summed E-state index contributed by atoms with van der Waals surface area (Å²) >= 11 is 0. The number of carbonyl (C=O) groups is 1. The highest BCUT2D eigenvalue weighted by Gasteiger charge is 2.17. The van der Waals surface area contributed by atoms with Crippen molar-refractivity contribution in [1.82, 2.24) is 0 Å². The summed E-state index contributed by atoms with van der Waals surface area (Å²) in [6.45, 7) is 4.10. The standard InChI is InChI=1S/C21H28N2O5S/c1-16(2)28-20-11-7-17(8-12-20)22-21(24)6-5-15-23(29(4,25)26)18-9-13-19(27-3)14-10-18/h7-14,16H,5-6,15H2,1-4H3,(H,22,24). The van der Waals surface area contributed by atoms with Crippen LogP contribution in [0.3, 0.4) is 0 Å². The number of nitrogens with one attached hydrogen (secondary N) is 1. The van der Waals surface area contributed by atoms with Crippen LogP contribution in [-0.4, -0.2) is 40.3 Å². The van der Waals surface area contributed by atoms with Crippen molar-refractivity contribution < 1.29 is 22.7 Å². The normalized spacial score (nSPS) is 11.2. The topological polar surface area (TPSA) is 84.9 Å². The van der Waals surface area contributed by atoms with Crippen LogP contribution in [0, 0.1) is 0 Å². The summed E-state index contributed by atoms with van der Waals surface area (Å²) in [4.78, 5) is 12.2. The second-order valence-corrected chi connectivity index (χ2v) is 8.78. The maximum Gasteiger partial charge on any atom is 0.232 e. The molecule has 0 fully saturated rings. The van der Waals surface area contributed by atoms with Gasteiger partial charge in [0.25, 0.3) is 0 Å². The molecule has 0 aromatic heterocycles. The Morgan fingerprint density at radius 3 is 2.14 bits per heavy atom. The molecule has 0 aliphatic carbocycles. The quantitative estimate of drug-likeness (QED) is 0.634. The largest absolute Gasteiger partial charge is 0.497 e. The summed E-state index contributed by atoms with van der Waals surface area (Å²) < 4.78 is 36.2. The van der Waals surface area contributed by atoms with Crippen LogP contribution < -0.4 is 19.1 Å². The Hall–Kier alpha value is -2.74. The molecule has 2 aromatic rings. The first-order valence-electron chi connectivity index (χ1n) is 9.37. The number of rotatable bonds is 10. The van der Waals surface area contributed by atoms with Gasteiger partial charge in [-0.1, -0.05) is 0 Å². The third kappa shape index (κ3) is 7.30. The van der Waals surface area contributed by atoms with Crippen molar-refractivity contribution >= 4 is 27.3 Å². The average molecular weight is 421 g/mol. The van der Waals surface area contributed by atoms with E-state index >= 15 is 0 Å². The van der Waals surface area contributed by atoms with Gasteiger partial charge in [-0.3, -0.25) is 9.10 Å². The predicted octanol–water partition coefficient (Wildman–Crippen LogP) is 3.67. The van der Waals surface area contributed by atoms with E-state index in [1.807, 2.05) is 13.8 Å². The minimum absolute atomic E-state index is 0.0823. The van der Waals surface area contributed by atoms with Crippen LogP contribution in [0.5, 0.6) is 11.5 Å². The van der Waals surface area contributed by atoms with E-state index in [-0.39, 0.29) is 25.0 Å². The Morgan fingerprint density at radius 2 is 1.62 bits per heavy atom. The zero-order valence-electron chi connectivity index (χ0n) is 17.2. The Morgan fingerprint density at radius 1 is 1.03 bits per heavy atom. The van der Waals surface area contributed by atoms with Crippen LogP contribution in [0.15, 0.2) is 48.5 Å². The molecule has 0 heterocycles. The van der Waals surface area contributed by atoms with Gasteiger partial charge >= 0.3 is 0 Å². The van der Waals surface area contributed by atoms with Crippen LogP contribution in [-0.2, 0) is 14.8 Å². The van der Waals surface area contributed by atoms with Gasteiger partial charge in [-0.05, 0) is 68.8 Å². The lowest BCUT2D eigenvalue weighted by molar-refractivity contribution is -0.116. The molecule has 0 spiro atoms. The number of hydrogen-bond acceptors (Lipinski definition) is 5. The van der Waals surface area contributed by atoms with E-state index in [1.165, 1.54) is 4.31 Å². The third-order valence-corrected chi connectivity index (χ3v) is 5.23. The molecule has 0 saturated heterocycles. The Balaban J connectivity index is 1.90. The molecule has 0 radical (unpaired) electrons. The fourth-order valence-corrected chi connectivity index (χ4v) is 3.70. The van der Waals surface area contributed by atoms with Crippen molar-refractivity contribution in [2.45, 2.75) is 32.8 Å². The zero-order chi connectivity index (χ0) is 21.4. The van der Waals surface area contributed by atoms with Crippen LogP contribution in [0.2, 0.25) is 0 Å². The predicted molar refractivity (Wildman–Crippen MR) is 115 cm³/mol. The van der Waals surface area contributed by atoms with Gasteiger partial charge in [-0.25, -0.2) is 8.42 Å². The molecule has 0 aliphatic rings.